The summed E-state index contributed by atoms with van der Waals surface area (Å²) in [5.74, 6) is -12.3. The summed E-state index contributed by atoms with van der Waals surface area (Å²) in [6, 6.07) is 0. The van der Waals surface area contributed by atoms with Crippen molar-refractivity contribution in [2.75, 3.05) is 0 Å². The summed E-state index contributed by atoms with van der Waals surface area (Å²) in [5, 5.41) is 0. The summed E-state index contributed by atoms with van der Waals surface area (Å²) in [7, 11) is 0. The SMILES string of the molecule is CC(C)(C)C(C)(F)C(F)(F)C(F)(F)C(F)(F)F. The van der Waals surface area contributed by atoms with Crippen molar-refractivity contribution in [2.24, 2.45) is 5.41 Å². The third kappa shape index (κ3) is 2.22. The lowest BCUT2D eigenvalue weighted by Gasteiger charge is -2.43. The molecule has 0 rings (SSSR count). The number of rotatable bonds is 2. The van der Waals surface area contributed by atoms with Gasteiger partial charge in [-0.1, -0.05) is 20.8 Å². The average Bonchev–Trinajstić information content (AvgIpc) is 1.98. The van der Waals surface area contributed by atoms with Gasteiger partial charge in [-0.15, -0.1) is 0 Å². The van der Waals surface area contributed by atoms with Gasteiger partial charge in [-0.05, 0) is 6.92 Å². The fourth-order valence-corrected chi connectivity index (χ4v) is 0.944. The average molecular weight is 272 g/mol. The molecule has 0 radical (unpaired) electrons. The molecule has 0 aromatic heterocycles. The van der Waals surface area contributed by atoms with E-state index in [2.05, 4.69) is 0 Å². The van der Waals surface area contributed by atoms with Crippen molar-refractivity contribution < 1.29 is 35.1 Å². The highest BCUT2D eigenvalue weighted by atomic mass is 19.4. The van der Waals surface area contributed by atoms with Gasteiger partial charge in [0, 0.05) is 5.41 Å². The van der Waals surface area contributed by atoms with E-state index in [1.807, 2.05) is 0 Å². The summed E-state index contributed by atoms with van der Waals surface area (Å²) in [6.07, 6.45) is -6.52. The lowest BCUT2D eigenvalue weighted by Crippen LogP contribution is -2.65. The van der Waals surface area contributed by atoms with Crippen LogP contribution in [-0.2, 0) is 0 Å². The predicted octanol–water partition coefficient (Wildman–Crippen LogP) is 4.59. The van der Waals surface area contributed by atoms with Crippen molar-refractivity contribution in [3.63, 3.8) is 0 Å². The molecule has 0 spiro atoms. The molecule has 0 N–H and O–H groups in total. The molecule has 0 aromatic carbocycles. The third-order valence-electron chi connectivity index (χ3n) is 2.75. The van der Waals surface area contributed by atoms with Crippen LogP contribution in [0.15, 0.2) is 0 Å². The van der Waals surface area contributed by atoms with Crippen LogP contribution in [0.1, 0.15) is 27.7 Å². The van der Waals surface area contributed by atoms with Crippen LogP contribution in [0.25, 0.3) is 0 Å². The molecule has 0 amide bonds. The molecule has 104 valence electrons. The van der Waals surface area contributed by atoms with E-state index in [0.717, 1.165) is 20.8 Å². The van der Waals surface area contributed by atoms with Crippen LogP contribution >= 0.6 is 0 Å². The number of hydrogen-bond acceptors (Lipinski definition) is 0. The van der Waals surface area contributed by atoms with E-state index in [1.165, 1.54) is 0 Å². The van der Waals surface area contributed by atoms with Gasteiger partial charge in [-0.2, -0.15) is 30.7 Å². The molecule has 8 heteroatoms. The van der Waals surface area contributed by atoms with Gasteiger partial charge in [0.15, 0.2) is 5.67 Å². The minimum Gasteiger partial charge on any atom is -0.237 e. The maximum atomic E-state index is 13.7. The summed E-state index contributed by atoms with van der Waals surface area (Å²) in [6.45, 7) is 2.47. The van der Waals surface area contributed by atoms with Gasteiger partial charge < -0.3 is 0 Å². The Kier molecular flexibility index (Phi) is 3.59. The Morgan fingerprint density at radius 3 is 1.00 bits per heavy atom. The molecule has 17 heavy (non-hydrogen) atoms. The van der Waals surface area contributed by atoms with E-state index in [-0.39, 0.29) is 6.92 Å². The van der Waals surface area contributed by atoms with Gasteiger partial charge in [-0.3, -0.25) is 0 Å². The molecule has 0 saturated carbocycles. The topological polar surface area (TPSA) is 0 Å². The Bertz CT molecular complexity index is 252. The number of alkyl halides is 8. The van der Waals surface area contributed by atoms with Crippen molar-refractivity contribution in [3.8, 4) is 0 Å². The van der Waals surface area contributed by atoms with Crippen molar-refractivity contribution in [3.05, 3.63) is 0 Å². The second-order valence-corrected chi connectivity index (χ2v) is 4.90. The second kappa shape index (κ2) is 3.71. The smallest absolute Gasteiger partial charge is 0.237 e. The highest BCUT2D eigenvalue weighted by Gasteiger charge is 2.80. The fraction of sp³-hybridized carbons (Fsp3) is 1.00. The van der Waals surface area contributed by atoms with E-state index < -0.39 is 29.1 Å². The van der Waals surface area contributed by atoms with Gasteiger partial charge in [0.2, 0.25) is 0 Å². The Balaban J connectivity index is 5.73. The minimum atomic E-state index is -6.52. The molecular weight excluding hydrogens is 260 g/mol. The molecule has 1 atom stereocenters. The summed E-state index contributed by atoms with van der Waals surface area (Å²) >= 11 is 0. The Hall–Kier alpha value is -0.560. The van der Waals surface area contributed by atoms with Crippen LogP contribution in [0.5, 0.6) is 0 Å². The van der Waals surface area contributed by atoms with Crippen LogP contribution in [0.2, 0.25) is 0 Å². The minimum absolute atomic E-state index is 0.0344. The molecular formula is C9H12F8. The molecule has 0 saturated heterocycles. The highest BCUT2D eigenvalue weighted by Crippen LogP contribution is 2.56. The first kappa shape index (κ1) is 16.4. The van der Waals surface area contributed by atoms with E-state index in [1.54, 1.807) is 0 Å². The molecule has 0 bridgehead atoms. The first-order valence-electron chi connectivity index (χ1n) is 4.51. The van der Waals surface area contributed by atoms with Gasteiger partial charge in [0.1, 0.15) is 0 Å². The molecule has 0 aliphatic rings. The Morgan fingerprint density at radius 2 is 0.824 bits per heavy atom. The normalized spacial score (nSPS) is 19.1. The predicted molar refractivity (Wildman–Crippen MR) is 44.9 cm³/mol. The highest BCUT2D eigenvalue weighted by molar-refractivity contribution is 5.07. The maximum absolute atomic E-state index is 13.7. The summed E-state index contributed by atoms with van der Waals surface area (Å²) < 4.78 is 101. The second-order valence-electron chi connectivity index (χ2n) is 4.90. The number of hydrogen-bond donors (Lipinski definition) is 0. The van der Waals surface area contributed by atoms with Crippen molar-refractivity contribution in [1.82, 2.24) is 0 Å². The van der Waals surface area contributed by atoms with Crippen LogP contribution in [0.4, 0.5) is 35.1 Å². The molecule has 0 aromatic rings. The molecule has 0 aliphatic carbocycles. The molecule has 0 nitrogen and oxygen atoms in total. The lowest BCUT2D eigenvalue weighted by atomic mass is 9.73. The quantitative estimate of drug-likeness (QED) is 0.645. The zero-order chi connectivity index (χ0) is 14.5. The maximum Gasteiger partial charge on any atom is 0.460 e. The zero-order valence-corrected chi connectivity index (χ0v) is 9.52. The van der Waals surface area contributed by atoms with Crippen molar-refractivity contribution in [1.29, 1.82) is 0 Å². The summed E-state index contributed by atoms with van der Waals surface area (Å²) in [4.78, 5) is 0. The first-order chi connectivity index (χ1) is 7.00. The van der Waals surface area contributed by atoms with Gasteiger partial charge in [0.25, 0.3) is 0 Å². The van der Waals surface area contributed by atoms with Crippen LogP contribution in [0, 0.1) is 5.41 Å². The lowest BCUT2D eigenvalue weighted by molar-refractivity contribution is -0.386. The third-order valence-corrected chi connectivity index (χ3v) is 2.75. The molecule has 1 unspecified atom stereocenters. The van der Waals surface area contributed by atoms with Crippen LogP contribution in [-0.4, -0.2) is 23.7 Å². The van der Waals surface area contributed by atoms with E-state index in [4.69, 9.17) is 0 Å². The van der Waals surface area contributed by atoms with Gasteiger partial charge in [0.05, 0.1) is 0 Å². The van der Waals surface area contributed by atoms with Crippen molar-refractivity contribution in [2.45, 2.75) is 51.4 Å². The Morgan fingerprint density at radius 1 is 0.529 bits per heavy atom. The van der Waals surface area contributed by atoms with Crippen LogP contribution in [0.3, 0.4) is 0 Å². The van der Waals surface area contributed by atoms with E-state index in [9.17, 15) is 35.1 Å². The number of halogens is 8. The monoisotopic (exact) mass is 272 g/mol. The molecule has 0 aliphatic heterocycles. The molecule has 0 heterocycles. The largest absolute Gasteiger partial charge is 0.460 e. The van der Waals surface area contributed by atoms with Gasteiger partial charge >= 0.3 is 18.0 Å². The molecule has 0 fully saturated rings. The first-order valence-corrected chi connectivity index (χ1v) is 4.51. The van der Waals surface area contributed by atoms with Crippen molar-refractivity contribution >= 4 is 0 Å². The van der Waals surface area contributed by atoms with Crippen LogP contribution < -0.4 is 0 Å². The van der Waals surface area contributed by atoms with E-state index in [0.29, 0.717) is 0 Å². The Labute approximate surface area is 93.0 Å². The van der Waals surface area contributed by atoms with E-state index >= 15 is 0 Å². The summed E-state index contributed by atoms with van der Waals surface area (Å²) in [5.41, 5.74) is -6.12. The fourth-order valence-electron chi connectivity index (χ4n) is 0.944. The standard InChI is InChI=1S/C9H12F8/c1-5(2,3)6(4,10)7(11,12)8(13,14)9(15,16)17/h1-4H3. The zero-order valence-electron chi connectivity index (χ0n) is 9.52. The van der Waals surface area contributed by atoms with Gasteiger partial charge in [-0.25, -0.2) is 4.39 Å².